The number of anilines is 6. The van der Waals surface area contributed by atoms with Crippen LogP contribution in [0.15, 0.2) is 183 Å². The van der Waals surface area contributed by atoms with Crippen molar-refractivity contribution in [3.63, 3.8) is 0 Å². The molecule has 10 rings (SSSR count). The molecule has 0 aliphatic rings. The number of carboxylic acid groups (broad SMARTS) is 1. The number of ether oxygens (including phenoxy) is 2. The fourth-order valence-electron chi connectivity index (χ4n) is 6.84. The number of rotatable bonds is 14. The van der Waals surface area contributed by atoms with Gasteiger partial charge in [-0.2, -0.15) is 9.97 Å². The third-order valence-electron chi connectivity index (χ3n) is 9.96. The number of amides is 2. The summed E-state index contributed by atoms with van der Waals surface area (Å²) in [6.45, 7) is -0.505. The van der Waals surface area contributed by atoms with Crippen LogP contribution in [0.1, 0.15) is 0 Å². The average Bonchev–Trinajstić information content (AvgIpc) is 4.01. The summed E-state index contributed by atoms with van der Waals surface area (Å²) in [6, 6.07) is 45.4. The monoisotopic (exact) mass is 958 g/mol. The van der Waals surface area contributed by atoms with E-state index in [1.165, 1.54) is 0 Å². The molecule has 0 saturated heterocycles. The number of hydrogen-bond acceptors (Lipinski definition) is 15. The minimum Gasteiger partial charge on any atom is -0.480 e. The van der Waals surface area contributed by atoms with Crippen molar-refractivity contribution in [2.75, 3.05) is 34.8 Å². The lowest BCUT2D eigenvalue weighted by Crippen LogP contribution is -2.27. The van der Waals surface area contributed by atoms with E-state index in [2.05, 4.69) is 53.7 Å². The van der Waals surface area contributed by atoms with Gasteiger partial charge in [-0.1, -0.05) is 24.3 Å². The third kappa shape index (κ3) is 13.3. The molecule has 0 bridgehead atoms. The summed E-state index contributed by atoms with van der Waals surface area (Å²) in [5.41, 5.74) is 16.1. The van der Waals surface area contributed by atoms with Crippen molar-refractivity contribution in [3.05, 3.63) is 183 Å². The summed E-state index contributed by atoms with van der Waals surface area (Å²) in [5.74, 6) is 2.50. The molecule has 10 aromatic rings. The maximum Gasteiger partial charge on any atom is 0.322 e. The summed E-state index contributed by atoms with van der Waals surface area (Å²) in [7, 11) is 4.53. The standard InChI is InChI=1S/C25H21N7O2.C23H18N6O.C3H4BNO3/c26-16-23(33)29-18-4-3-5-19(15-18)30-25-28-12-9-24(31-25)34-20-7-8-21-17(14-20)10-13-32(21)22-6-1-2-11-27-22;24-17-4-3-5-18(15-17)27-23-26-12-9-22(28-23)30-19-7-8-20-16(14-19)10-13-29(20)21-6-1-2-11-25-21;4-3(8)5-1-2(6)7/h1-15H,16,26H2,(H,29,33)(H,28,30,31);1-15H,24H2,(H,26,27,28);1H2,(H,5,8)(H,6,7). The molecule has 6 heterocycles. The number of hydrogen-bond donors (Lipinski definition) is 7. The minimum absolute atomic E-state index is 0.0835. The first-order chi connectivity index (χ1) is 35.0. The van der Waals surface area contributed by atoms with Gasteiger partial charge in [0.05, 0.1) is 17.6 Å². The molecule has 0 fully saturated rings. The molecule has 20 nitrogen and oxygen atoms in total. The van der Waals surface area contributed by atoms with Crippen molar-refractivity contribution < 1.29 is 29.0 Å². The molecule has 0 saturated carbocycles. The van der Waals surface area contributed by atoms with Crippen molar-refractivity contribution in [2.24, 2.45) is 5.73 Å². The molecule has 0 atom stereocenters. The van der Waals surface area contributed by atoms with Gasteiger partial charge in [-0.15, -0.1) is 0 Å². The van der Waals surface area contributed by atoms with Gasteiger partial charge >= 0.3 is 5.97 Å². The van der Waals surface area contributed by atoms with Gasteiger partial charge in [0.1, 0.15) is 29.7 Å². The van der Waals surface area contributed by atoms with Crippen molar-refractivity contribution in [3.8, 4) is 34.9 Å². The highest BCUT2D eigenvalue weighted by Gasteiger charge is 2.11. The van der Waals surface area contributed by atoms with E-state index in [4.69, 9.17) is 26.0 Å². The molecule has 0 aliphatic carbocycles. The number of nitrogens with two attached hydrogens (primary N) is 2. The fraction of sp³-hybridized carbons (Fsp3) is 0.0392. The van der Waals surface area contributed by atoms with Crippen molar-refractivity contribution in [1.29, 1.82) is 0 Å². The van der Waals surface area contributed by atoms with E-state index in [-0.39, 0.29) is 12.5 Å². The largest absolute Gasteiger partial charge is 0.480 e. The Labute approximate surface area is 412 Å². The Morgan fingerprint density at radius 2 is 1.11 bits per heavy atom. The second-order valence-corrected chi connectivity index (χ2v) is 15.1. The highest BCUT2D eigenvalue weighted by molar-refractivity contribution is 6.57. The molecule has 21 heteroatoms. The minimum atomic E-state index is -1.11. The van der Waals surface area contributed by atoms with E-state index < -0.39 is 18.3 Å². The smallest absolute Gasteiger partial charge is 0.322 e. The number of carboxylic acids is 1. The Bertz CT molecular complexity index is 3450. The summed E-state index contributed by atoms with van der Waals surface area (Å²) < 4.78 is 16.0. The number of aromatic nitrogens is 8. The Morgan fingerprint density at radius 1 is 0.583 bits per heavy atom. The Morgan fingerprint density at radius 3 is 1.58 bits per heavy atom. The number of benzene rings is 4. The van der Waals surface area contributed by atoms with Gasteiger partial charge in [0.15, 0.2) is 5.81 Å². The lowest BCUT2D eigenvalue weighted by molar-refractivity contribution is -0.135. The van der Waals surface area contributed by atoms with Crippen molar-refractivity contribution >= 4 is 82.0 Å². The number of nitrogens with one attached hydrogen (secondary N) is 4. The van der Waals surface area contributed by atoms with Gasteiger partial charge < -0.3 is 56.4 Å². The van der Waals surface area contributed by atoms with E-state index >= 15 is 0 Å². The number of nitrogen functional groups attached to an aromatic ring is 1. The molecule has 9 N–H and O–H groups in total. The van der Waals surface area contributed by atoms with Crippen LogP contribution in [0.25, 0.3) is 33.4 Å². The summed E-state index contributed by atoms with van der Waals surface area (Å²) in [5, 5.41) is 20.8. The van der Waals surface area contributed by atoms with Crippen LogP contribution in [0.3, 0.4) is 0 Å². The van der Waals surface area contributed by atoms with E-state index in [0.29, 0.717) is 52.2 Å². The van der Waals surface area contributed by atoms with Crippen molar-refractivity contribution in [2.45, 2.75) is 0 Å². The number of carbonyl (C=O) groups excluding carboxylic acids is 2. The number of carbonyl (C=O) groups is 3. The predicted molar refractivity (Wildman–Crippen MR) is 275 cm³/mol. The second-order valence-electron chi connectivity index (χ2n) is 15.1. The highest BCUT2D eigenvalue weighted by Crippen LogP contribution is 2.30. The first-order valence-electron chi connectivity index (χ1n) is 21.9. The molecule has 72 heavy (non-hydrogen) atoms. The zero-order valence-corrected chi connectivity index (χ0v) is 38.0. The first-order valence-corrected chi connectivity index (χ1v) is 21.9. The summed E-state index contributed by atoms with van der Waals surface area (Å²) in [6.07, 6.45) is 10.8. The Balaban J connectivity index is 0.000000168. The van der Waals surface area contributed by atoms with Crippen LogP contribution in [0.5, 0.6) is 23.3 Å². The fourth-order valence-corrected chi connectivity index (χ4v) is 6.84. The summed E-state index contributed by atoms with van der Waals surface area (Å²) in [4.78, 5) is 57.1. The average molecular weight is 959 g/mol. The molecule has 2 amide bonds. The lowest BCUT2D eigenvalue weighted by atomic mass is 10.1. The van der Waals surface area contributed by atoms with Gasteiger partial charge in [-0.25, -0.2) is 19.9 Å². The lowest BCUT2D eigenvalue weighted by Gasteiger charge is -2.10. The van der Waals surface area contributed by atoms with E-state index in [1.54, 1.807) is 55.1 Å². The van der Waals surface area contributed by atoms with Crippen LogP contribution in [0.2, 0.25) is 0 Å². The topological polar surface area (TPSA) is 277 Å². The maximum atomic E-state index is 11.5. The molecular formula is C51H43BN14O6. The Kier molecular flexibility index (Phi) is 15.6. The van der Waals surface area contributed by atoms with Gasteiger partial charge in [-0.3, -0.25) is 14.4 Å². The first kappa shape index (κ1) is 48.3. The molecule has 4 aromatic carbocycles. The normalized spacial score (nSPS) is 10.5. The molecule has 6 aromatic heterocycles. The predicted octanol–water partition coefficient (Wildman–Crippen LogP) is 8.13. The quantitative estimate of drug-likeness (QED) is 0.0400. The van der Waals surface area contributed by atoms with Gasteiger partial charge in [0.25, 0.3) is 0 Å². The van der Waals surface area contributed by atoms with Crippen LogP contribution in [0.4, 0.5) is 39.4 Å². The summed E-state index contributed by atoms with van der Waals surface area (Å²) >= 11 is 0. The van der Waals surface area contributed by atoms with E-state index in [1.807, 2.05) is 142 Å². The van der Waals surface area contributed by atoms with E-state index in [9.17, 15) is 14.4 Å². The molecule has 0 aliphatic heterocycles. The molecule has 0 spiro atoms. The van der Waals surface area contributed by atoms with E-state index in [0.717, 1.165) is 39.1 Å². The van der Waals surface area contributed by atoms with Crippen LogP contribution in [-0.2, 0) is 9.59 Å². The zero-order valence-electron chi connectivity index (χ0n) is 38.0. The van der Waals surface area contributed by atoms with Crippen LogP contribution >= 0.6 is 0 Å². The number of pyridine rings is 2. The highest BCUT2D eigenvalue weighted by atomic mass is 16.5. The molecular weight excluding hydrogens is 915 g/mol. The van der Waals surface area contributed by atoms with Crippen LogP contribution < -0.4 is 42.2 Å². The number of aliphatic carboxylic acids is 1. The SMILES string of the molecule is NCC(=O)Nc1cccc(Nc2nccc(Oc3ccc4c(ccn4-c4ccccn4)c3)n2)c1.Nc1cccc(Nc2nccc(Oc3ccc4c(ccn4-c4ccccn4)c3)n2)c1.[B]C(=O)NCC(=O)O. The van der Waals surface area contributed by atoms with Gasteiger partial charge in [0, 0.05) is 82.8 Å². The van der Waals surface area contributed by atoms with Gasteiger partial charge in [-0.05, 0) is 109 Å². The van der Waals surface area contributed by atoms with Gasteiger partial charge in [0.2, 0.25) is 37.4 Å². The molecule has 356 valence electrons. The maximum absolute atomic E-state index is 11.5. The Hall–Kier alpha value is -10.1. The molecule has 0 unspecified atom stereocenters. The molecule has 2 radical (unpaired) electrons. The number of nitrogens with zero attached hydrogens (tertiary/aromatic N) is 8. The zero-order chi connectivity index (χ0) is 50.2. The van der Waals surface area contributed by atoms with Crippen LogP contribution in [0, 0.1) is 0 Å². The number of fused-ring (bicyclic) bond motifs is 2. The third-order valence-corrected chi connectivity index (χ3v) is 9.96. The van der Waals surface area contributed by atoms with Crippen LogP contribution in [-0.4, -0.2) is 82.8 Å². The van der Waals surface area contributed by atoms with Crippen molar-refractivity contribution in [1.82, 2.24) is 44.4 Å². The second kappa shape index (κ2) is 23.2.